The van der Waals surface area contributed by atoms with E-state index >= 15 is 0 Å². The van der Waals surface area contributed by atoms with Gasteiger partial charge in [-0.05, 0) is 36.0 Å². The molecular formula is C27H32N2O4. The van der Waals surface area contributed by atoms with Crippen molar-refractivity contribution < 1.29 is 19.1 Å². The molecule has 2 aromatic carbocycles. The number of benzene rings is 2. The van der Waals surface area contributed by atoms with Gasteiger partial charge in [0.15, 0.2) is 0 Å². The first-order chi connectivity index (χ1) is 16.0. The van der Waals surface area contributed by atoms with Crippen LogP contribution in [0.2, 0.25) is 0 Å². The Hall–Kier alpha value is -3.15. The van der Waals surface area contributed by atoms with Crippen LogP contribution in [-0.4, -0.2) is 43.4 Å². The van der Waals surface area contributed by atoms with Crippen molar-refractivity contribution >= 4 is 23.5 Å². The van der Waals surface area contributed by atoms with Crippen LogP contribution in [0, 0.1) is 11.8 Å². The third kappa shape index (κ3) is 4.80. The first-order valence-electron chi connectivity index (χ1n) is 11.8. The summed E-state index contributed by atoms with van der Waals surface area (Å²) >= 11 is 0. The molecule has 174 valence electrons. The molecule has 2 amide bonds. The summed E-state index contributed by atoms with van der Waals surface area (Å²) in [5.74, 6) is -0.789. The van der Waals surface area contributed by atoms with Crippen LogP contribution in [0.1, 0.15) is 49.1 Å². The number of methoxy groups -OCH3 is 1. The Labute approximate surface area is 195 Å². The molecule has 0 aromatic heterocycles. The molecule has 6 nitrogen and oxygen atoms in total. The number of amides is 2. The molecular weight excluding hydrogens is 416 g/mol. The predicted molar refractivity (Wildman–Crippen MR) is 127 cm³/mol. The molecule has 4 rings (SSSR count). The Morgan fingerprint density at radius 2 is 1.70 bits per heavy atom. The van der Waals surface area contributed by atoms with Crippen molar-refractivity contribution in [3.8, 4) is 0 Å². The molecule has 1 fully saturated rings. The number of ether oxygens (including phenoxy) is 1. The van der Waals surface area contributed by atoms with Gasteiger partial charge in [-0.15, -0.1) is 0 Å². The zero-order valence-electron chi connectivity index (χ0n) is 19.4. The molecule has 0 saturated carbocycles. The zero-order valence-corrected chi connectivity index (χ0v) is 19.4. The van der Waals surface area contributed by atoms with Gasteiger partial charge in [0, 0.05) is 32.2 Å². The highest BCUT2D eigenvalue weighted by Gasteiger charge is 2.51. The summed E-state index contributed by atoms with van der Waals surface area (Å²) in [6, 6.07) is 17.8. The summed E-state index contributed by atoms with van der Waals surface area (Å²) < 4.78 is 4.72. The minimum absolute atomic E-state index is 0.00630. The molecule has 33 heavy (non-hydrogen) atoms. The average Bonchev–Trinajstić information content (AvgIpc) is 3.26. The first-order valence-corrected chi connectivity index (χ1v) is 11.8. The molecule has 0 N–H and O–H groups in total. The van der Waals surface area contributed by atoms with Gasteiger partial charge in [0.05, 0.1) is 18.9 Å². The van der Waals surface area contributed by atoms with Gasteiger partial charge in [0.1, 0.15) is 0 Å². The highest BCUT2D eigenvalue weighted by atomic mass is 16.5. The van der Waals surface area contributed by atoms with Gasteiger partial charge in [-0.2, -0.15) is 0 Å². The summed E-state index contributed by atoms with van der Waals surface area (Å²) in [5.41, 5.74) is 2.96. The van der Waals surface area contributed by atoms with E-state index in [2.05, 4.69) is 0 Å². The smallest absolute Gasteiger partial charge is 0.305 e. The second kappa shape index (κ2) is 10.2. The summed E-state index contributed by atoms with van der Waals surface area (Å²) in [6.07, 6.45) is 3.88. The lowest BCUT2D eigenvalue weighted by molar-refractivity contribution is -0.140. The van der Waals surface area contributed by atoms with Crippen molar-refractivity contribution in [1.82, 2.24) is 4.90 Å². The second-order valence-corrected chi connectivity index (χ2v) is 9.10. The van der Waals surface area contributed by atoms with Crippen LogP contribution in [0.25, 0.3) is 0 Å². The van der Waals surface area contributed by atoms with E-state index in [1.807, 2.05) is 59.5 Å². The summed E-state index contributed by atoms with van der Waals surface area (Å²) in [5, 5.41) is 0. The monoisotopic (exact) mass is 448 g/mol. The lowest BCUT2D eigenvalue weighted by Crippen LogP contribution is -2.34. The van der Waals surface area contributed by atoms with E-state index < -0.39 is 5.92 Å². The Kier molecular flexibility index (Phi) is 7.11. The number of likely N-dealkylation sites (tertiary alicyclic amines) is 1. The van der Waals surface area contributed by atoms with Gasteiger partial charge in [-0.3, -0.25) is 14.4 Å². The van der Waals surface area contributed by atoms with Crippen molar-refractivity contribution in [3.05, 3.63) is 65.7 Å². The fourth-order valence-electron chi connectivity index (χ4n) is 5.35. The third-order valence-electron chi connectivity index (χ3n) is 7.05. The number of hydrogen-bond acceptors (Lipinski definition) is 4. The molecule has 2 heterocycles. The van der Waals surface area contributed by atoms with Crippen molar-refractivity contribution in [2.24, 2.45) is 11.8 Å². The standard InChI is InChI=1S/C27H32N2O4/c1-28-22-15-10-9-14-21(22)25(26(28)31)24-20(13-7-4-8-16-23(30)33-2)18-29(27(24)32)17-19-11-5-3-6-12-19/h3,5-6,9-12,14-15,20,24-25H,4,7-8,13,16-18H2,1-2H3. The summed E-state index contributed by atoms with van der Waals surface area (Å²) in [7, 11) is 3.20. The summed E-state index contributed by atoms with van der Waals surface area (Å²) in [6.45, 7) is 1.22. The number of carbonyl (C=O) groups is 3. The number of para-hydroxylation sites is 1. The van der Waals surface area contributed by atoms with Crippen LogP contribution in [0.15, 0.2) is 54.6 Å². The fourth-order valence-corrected chi connectivity index (χ4v) is 5.35. The molecule has 2 aliphatic heterocycles. The summed E-state index contributed by atoms with van der Waals surface area (Å²) in [4.78, 5) is 42.0. The van der Waals surface area contributed by atoms with E-state index in [9.17, 15) is 14.4 Å². The van der Waals surface area contributed by atoms with Crippen molar-refractivity contribution in [1.29, 1.82) is 0 Å². The zero-order chi connectivity index (χ0) is 23.4. The molecule has 6 heteroatoms. The van der Waals surface area contributed by atoms with Gasteiger partial charge in [0.2, 0.25) is 11.8 Å². The average molecular weight is 449 g/mol. The van der Waals surface area contributed by atoms with Gasteiger partial charge in [-0.1, -0.05) is 61.4 Å². The second-order valence-electron chi connectivity index (χ2n) is 9.10. The van der Waals surface area contributed by atoms with E-state index in [0.717, 1.165) is 42.5 Å². The first kappa shape index (κ1) is 23.0. The van der Waals surface area contributed by atoms with E-state index in [0.29, 0.717) is 19.5 Å². The van der Waals surface area contributed by atoms with Crippen LogP contribution in [0.3, 0.4) is 0 Å². The van der Waals surface area contributed by atoms with Crippen LogP contribution in [0.5, 0.6) is 0 Å². The number of carbonyl (C=O) groups excluding carboxylic acids is 3. The Morgan fingerprint density at radius 1 is 0.970 bits per heavy atom. The van der Waals surface area contributed by atoms with Gasteiger partial charge >= 0.3 is 5.97 Å². The molecule has 3 unspecified atom stereocenters. The maximum atomic E-state index is 13.7. The van der Waals surface area contributed by atoms with Crippen LogP contribution in [0.4, 0.5) is 5.69 Å². The highest BCUT2D eigenvalue weighted by molar-refractivity contribution is 6.07. The fraction of sp³-hybridized carbons (Fsp3) is 0.444. The molecule has 2 aromatic rings. The maximum Gasteiger partial charge on any atom is 0.305 e. The Bertz CT molecular complexity index is 1010. The van der Waals surface area contributed by atoms with Crippen molar-refractivity contribution in [2.75, 3.05) is 25.6 Å². The SMILES string of the molecule is COC(=O)CCCCCC1CN(Cc2ccccc2)C(=O)C1C1C(=O)N(C)c2ccccc21. The minimum Gasteiger partial charge on any atom is -0.469 e. The van der Waals surface area contributed by atoms with Crippen LogP contribution in [-0.2, 0) is 25.7 Å². The molecule has 0 bridgehead atoms. The van der Waals surface area contributed by atoms with Crippen molar-refractivity contribution in [3.63, 3.8) is 0 Å². The molecule has 2 aliphatic rings. The van der Waals surface area contributed by atoms with E-state index in [4.69, 9.17) is 4.74 Å². The quantitative estimate of drug-likeness (QED) is 0.427. The van der Waals surface area contributed by atoms with Crippen molar-refractivity contribution in [2.45, 2.75) is 44.6 Å². The van der Waals surface area contributed by atoms with E-state index in [1.165, 1.54) is 7.11 Å². The number of unbranched alkanes of at least 4 members (excludes halogenated alkanes) is 2. The lowest BCUT2D eigenvalue weighted by Gasteiger charge is -2.22. The Morgan fingerprint density at radius 3 is 2.45 bits per heavy atom. The Balaban J connectivity index is 1.53. The molecule has 3 atom stereocenters. The number of fused-ring (bicyclic) bond motifs is 1. The van der Waals surface area contributed by atoms with Crippen LogP contribution >= 0.6 is 0 Å². The van der Waals surface area contributed by atoms with Gasteiger partial charge < -0.3 is 14.5 Å². The maximum absolute atomic E-state index is 13.7. The van der Waals surface area contributed by atoms with E-state index in [1.54, 1.807) is 11.9 Å². The van der Waals surface area contributed by atoms with Crippen LogP contribution < -0.4 is 4.90 Å². The molecule has 0 aliphatic carbocycles. The van der Waals surface area contributed by atoms with Gasteiger partial charge in [-0.25, -0.2) is 0 Å². The lowest BCUT2D eigenvalue weighted by atomic mass is 9.78. The minimum atomic E-state index is -0.431. The number of nitrogens with zero attached hydrogens (tertiary/aromatic N) is 2. The number of rotatable bonds is 9. The molecule has 0 radical (unpaired) electrons. The highest BCUT2D eigenvalue weighted by Crippen LogP contribution is 2.47. The predicted octanol–water partition coefficient (Wildman–Crippen LogP) is 4.14. The third-order valence-corrected chi connectivity index (χ3v) is 7.05. The number of esters is 1. The molecule has 1 saturated heterocycles. The molecule has 0 spiro atoms. The number of hydrogen-bond donors (Lipinski definition) is 0. The normalized spacial score (nSPS) is 22.1. The van der Waals surface area contributed by atoms with Gasteiger partial charge in [0.25, 0.3) is 0 Å². The van der Waals surface area contributed by atoms with E-state index in [-0.39, 0.29) is 29.6 Å². The number of anilines is 1. The topological polar surface area (TPSA) is 66.9 Å². The number of likely N-dealkylation sites (N-methyl/N-ethyl adjacent to an activating group) is 1. The largest absolute Gasteiger partial charge is 0.469 e.